The summed E-state index contributed by atoms with van der Waals surface area (Å²) in [6, 6.07) is 3.80. The Morgan fingerprint density at radius 3 is 3.00 bits per heavy atom. The zero-order valence-corrected chi connectivity index (χ0v) is 11.9. The fraction of sp³-hybridized carbons (Fsp3) is 0.467. The van der Waals surface area contributed by atoms with Gasteiger partial charge in [-0.3, -0.25) is 9.48 Å². The van der Waals surface area contributed by atoms with Crippen molar-refractivity contribution in [3.8, 4) is 0 Å². The van der Waals surface area contributed by atoms with E-state index in [-0.39, 0.29) is 12.0 Å². The summed E-state index contributed by atoms with van der Waals surface area (Å²) in [6.45, 7) is 1.89. The van der Waals surface area contributed by atoms with Crippen molar-refractivity contribution in [3.63, 3.8) is 0 Å². The van der Waals surface area contributed by atoms with Crippen LogP contribution in [-0.2, 0) is 22.6 Å². The fourth-order valence-electron chi connectivity index (χ4n) is 2.53. The Balaban J connectivity index is 1.51. The molecule has 1 fully saturated rings. The standard InChI is InChI=1S/C15H20N4O2/c20-15(12-18-6-2-3-7-18)17-13-9-16-19(10-13)11-14-5-1-4-8-21-14/h2-3,6-7,9-10,14H,1,4-5,8,11-12H2,(H,17,20)/t14-/m0/s1. The highest BCUT2D eigenvalue weighted by molar-refractivity contribution is 5.90. The number of hydrogen-bond donors (Lipinski definition) is 1. The van der Waals surface area contributed by atoms with Gasteiger partial charge in [0.25, 0.3) is 0 Å². The summed E-state index contributed by atoms with van der Waals surface area (Å²) in [5.74, 6) is -0.0559. The van der Waals surface area contributed by atoms with Crippen molar-refractivity contribution in [1.82, 2.24) is 14.3 Å². The van der Waals surface area contributed by atoms with E-state index in [1.807, 2.05) is 40.0 Å². The molecule has 6 heteroatoms. The molecule has 1 aliphatic heterocycles. The van der Waals surface area contributed by atoms with E-state index in [1.54, 1.807) is 6.20 Å². The van der Waals surface area contributed by atoms with Gasteiger partial charge in [0.05, 0.1) is 24.5 Å². The van der Waals surface area contributed by atoms with Crippen LogP contribution in [0, 0.1) is 0 Å². The van der Waals surface area contributed by atoms with Gasteiger partial charge in [-0.25, -0.2) is 0 Å². The number of nitrogens with zero attached hydrogens (tertiary/aromatic N) is 3. The normalized spacial score (nSPS) is 18.6. The lowest BCUT2D eigenvalue weighted by molar-refractivity contribution is -0.116. The molecule has 1 atom stereocenters. The average Bonchev–Trinajstić information content (AvgIpc) is 3.12. The number of carbonyl (C=O) groups is 1. The lowest BCUT2D eigenvalue weighted by Gasteiger charge is -2.22. The molecule has 3 heterocycles. The smallest absolute Gasteiger partial charge is 0.244 e. The Morgan fingerprint density at radius 1 is 1.38 bits per heavy atom. The highest BCUT2D eigenvalue weighted by Gasteiger charge is 2.15. The minimum atomic E-state index is -0.0559. The maximum absolute atomic E-state index is 11.9. The van der Waals surface area contributed by atoms with Gasteiger partial charge in [-0.1, -0.05) is 0 Å². The highest BCUT2D eigenvalue weighted by Crippen LogP contribution is 2.15. The summed E-state index contributed by atoms with van der Waals surface area (Å²) >= 11 is 0. The van der Waals surface area contributed by atoms with Gasteiger partial charge in [-0.2, -0.15) is 5.10 Å². The van der Waals surface area contributed by atoms with Crippen LogP contribution < -0.4 is 5.32 Å². The molecule has 0 saturated carbocycles. The van der Waals surface area contributed by atoms with Gasteiger partial charge in [0.15, 0.2) is 0 Å². The first-order valence-corrected chi connectivity index (χ1v) is 7.34. The van der Waals surface area contributed by atoms with Crippen LogP contribution in [0.5, 0.6) is 0 Å². The Labute approximate surface area is 123 Å². The van der Waals surface area contributed by atoms with E-state index in [0.717, 1.165) is 31.7 Å². The Morgan fingerprint density at radius 2 is 2.24 bits per heavy atom. The first-order chi connectivity index (χ1) is 10.3. The molecule has 1 N–H and O–H groups in total. The molecule has 1 amide bonds. The Bertz CT molecular complexity index is 570. The monoisotopic (exact) mass is 288 g/mol. The van der Waals surface area contributed by atoms with E-state index < -0.39 is 0 Å². The zero-order valence-electron chi connectivity index (χ0n) is 11.9. The number of hydrogen-bond acceptors (Lipinski definition) is 3. The van der Waals surface area contributed by atoms with Crippen molar-refractivity contribution in [2.24, 2.45) is 0 Å². The first-order valence-electron chi connectivity index (χ1n) is 7.34. The third-order valence-electron chi connectivity index (χ3n) is 3.57. The van der Waals surface area contributed by atoms with E-state index in [0.29, 0.717) is 6.54 Å². The van der Waals surface area contributed by atoms with Gasteiger partial charge in [-0.05, 0) is 31.4 Å². The van der Waals surface area contributed by atoms with Gasteiger partial charge >= 0.3 is 0 Å². The zero-order chi connectivity index (χ0) is 14.5. The summed E-state index contributed by atoms with van der Waals surface area (Å²) in [5, 5.41) is 7.13. The van der Waals surface area contributed by atoms with Crippen molar-refractivity contribution in [1.29, 1.82) is 0 Å². The maximum Gasteiger partial charge on any atom is 0.244 e. The molecule has 0 aromatic carbocycles. The molecule has 0 radical (unpaired) electrons. The molecule has 1 saturated heterocycles. The molecule has 0 spiro atoms. The SMILES string of the molecule is O=C(Cn1cccc1)Nc1cnn(C[C@@H]2CCCCO2)c1. The molecule has 6 nitrogen and oxygen atoms in total. The molecule has 21 heavy (non-hydrogen) atoms. The lowest BCUT2D eigenvalue weighted by atomic mass is 10.1. The molecule has 112 valence electrons. The average molecular weight is 288 g/mol. The van der Waals surface area contributed by atoms with Crippen LogP contribution in [0.15, 0.2) is 36.9 Å². The Hall–Kier alpha value is -2.08. The van der Waals surface area contributed by atoms with Crippen molar-refractivity contribution in [3.05, 3.63) is 36.9 Å². The molecule has 0 unspecified atom stereocenters. The van der Waals surface area contributed by atoms with Crippen LogP contribution in [0.1, 0.15) is 19.3 Å². The molecule has 2 aromatic heterocycles. The van der Waals surface area contributed by atoms with Crippen molar-refractivity contribution >= 4 is 11.6 Å². The summed E-state index contributed by atoms with van der Waals surface area (Å²) in [7, 11) is 0. The molecular weight excluding hydrogens is 268 g/mol. The second kappa shape index (κ2) is 6.58. The van der Waals surface area contributed by atoms with Crippen LogP contribution in [0.2, 0.25) is 0 Å². The van der Waals surface area contributed by atoms with E-state index in [9.17, 15) is 4.79 Å². The summed E-state index contributed by atoms with van der Waals surface area (Å²) in [6.07, 6.45) is 10.9. The number of carbonyl (C=O) groups excluding carboxylic acids is 1. The third kappa shape index (κ3) is 3.95. The number of nitrogens with one attached hydrogen (secondary N) is 1. The number of ether oxygens (including phenoxy) is 1. The molecule has 2 aromatic rings. The predicted octanol–water partition coefficient (Wildman–Crippen LogP) is 1.89. The van der Waals surface area contributed by atoms with E-state index >= 15 is 0 Å². The summed E-state index contributed by atoms with van der Waals surface area (Å²) in [5.41, 5.74) is 0.725. The van der Waals surface area contributed by atoms with Crippen LogP contribution in [0.25, 0.3) is 0 Å². The largest absolute Gasteiger partial charge is 0.376 e. The van der Waals surface area contributed by atoms with Gasteiger partial charge in [0.2, 0.25) is 5.91 Å². The topological polar surface area (TPSA) is 61.1 Å². The lowest BCUT2D eigenvalue weighted by Crippen LogP contribution is -2.24. The summed E-state index contributed by atoms with van der Waals surface area (Å²) < 4.78 is 9.35. The quantitative estimate of drug-likeness (QED) is 0.914. The minimum Gasteiger partial charge on any atom is -0.376 e. The molecule has 3 rings (SSSR count). The van der Waals surface area contributed by atoms with Gasteiger partial charge in [-0.15, -0.1) is 0 Å². The van der Waals surface area contributed by atoms with E-state index in [4.69, 9.17) is 4.74 Å². The van der Waals surface area contributed by atoms with Crippen molar-refractivity contribution < 1.29 is 9.53 Å². The number of anilines is 1. The highest BCUT2D eigenvalue weighted by atomic mass is 16.5. The van der Waals surface area contributed by atoms with Gasteiger partial charge in [0, 0.05) is 25.2 Å². The van der Waals surface area contributed by atoms with E-state index in [2.05, 4.69) is 10.4 Å². The maximum atomic E-state index is 11.9. The number of aromatic nitrogens is 3. The van der Waals surface area contributed by atoms with Crippen molar-refractivity contribution in [2.75, 3.05) is 11.9 Å². The third-order valence-corrected chi connectivity index (χ3v) is 3.57. The van der Waals surface area contributed by atoms with Gasteiger partial charge in [0.1, 0.15) is 6.54 Å². The second-order valence-electron chi connectivity index (χ2n) is 5.34. The summed E-state index contributed by atoms with van der Waals surface area (Å²) in [4.78, 5) is 11.9. The predicted molar refractivity (Wildman–Crippen MR) is 78.9 cm³/mol. The fourth-order valence-corrected chi connectivity index (χ4v) is 2.53. The van der Waals surface area contributed by atoms with Gasteiger partial charge < -0.3 is 14.6 Å². The number of amides is 1. The number of rotatable bonds is 5. The Kier molecular flexibility index (Phi) is 4.35. The first kappa shape index (κ1) is 13.9. The van der Waals surface area contributed by atoms with E-state index in [1.165, 1.54) is 6.42 Å². The molecule has 0 bridgehead atoms. The minimum absolute atomic E-state index is 0.0559. The molecule has 1 aliphatic rings. The van der Waals surface area contributed by atoms with Crippen LogP contribution >= 0.6 is 0 Å². The van der Waals surface area contributed by atoms with Crippen LogP contribution in [0.4, 0.5) is 5.69 Å². The van der Waals surface area contributed by atoms with Crippen LogP contribution in [0.3, 0.4) is 0 Å². The van der Waals surface area contributed by atoms with Crippen LogP contribution in [-0.4, -0.2) is 33.0 Å². The van der Waals surface area contributed by atoms with Crippen molar-refractivity contribution in [2.45, 2.75) is 38.5 Å². The second-order valence-corrected chi connectivity index (χ2v) is 5.34. The molecular formula is C15H20N4O2. The molecule has 0 aliphatic carbocycles.